The lowest BCUT2D eigenvalue weighted by atomic mass is 10.1. The quantitative estimate of drug-likeness (QED) is 0.621. The third-order valence-electron chi connectivity index (χ3n) is 2.41. The summed E-state index contributed by atoms with van der Waals surface area (Å²) < 4.78 is 1.73. The van der Waals surface area contributed by atoms with Crippen molar-refractivity contribution >= 4 is 5.82 Å². The molecule has 12 heavy (non-hydrogen) atoms. The van der Waals surface area contributed by atoms with Gasteiger partial charge in [-0.3, -0.25) is 4.68 Å². The molecule has 1 saturated heterocycles. The predicted molar refractivity (Wildman–Crippen MR) is 47.8 cm³/mol. The number of anilines is 1. The summed E-state index contributed by atoms with van der Waals surface area (Å²) in [6.07, 6.45) is 1.18. The van der Waals surface area contributed by atoms with Crippen LogP contribution in [0.4, 0.5) is 5.82 Å². The van der Waals surface area contributed by atoms with E-state index < -0.39 is 0 Å². The van der Waals surface area contributed by atoms with Crippen molar-refractivity contribution in [2.75, 3.05) is 18.8 Å². The highest BCUT2D eigenvalue weighted by molar-refractivity contribution is 5.32. The summed E-state index contributed by atoms with van der Waals surface area (Å²) in [6, 6.07) is 1.97. The summed E-state index contributed by atoms with van der Waals surface area (Å²) in [5.41, 5.74) is 6.81. The van der Waals surface area contributed by atoms with Crippen LogP contribution in [-0.2, 0) is 7.05 Å². The summed E-state index contributed by atoms with van der Waals surface area (Å²) in [5.74, 6) is 1.31. The van der Waals surface area contributed by atoms with Crippen molar-refractivity contribution in [3.8, 4) is 0 Å². The van der Waals surface area contributed by atoms with E-state index in [9.17, 15) is 0 Å². The number of nitrogens with one attached hydrogen (secondary N) is 1. The number of hydrogen-bond acceptors (Lipinski definition) is 3. The van der Waals surface area contributed by atoms with Crippen molar-refractivity contribution in [2.24, 2.45) is 7.05 Å². The van der Waals surface area contributed by atoms with Gasteiger partial charge in [0, 0.05) is 25.6 Å². The molecule has 0 saturated carbocycles. The Bertz CT molecular complexity index is 253. The molecule has 1 aromatic rings. The van der Waals surface area contributed by atoms with Gasteiger partial charge in [-0.2, -0.15) is 5.10 Å². The lowest BCUT2D eigenvalue weighted by Gasteiger charge is -2.01. The molecule has 2 rings (SSSR count). The number of nitrogens with zero attached hydrogens (tertiary/aromatic N) is 2. The molecule has 4 heteroatoms. The molecule has 1 unspecified atom stereocenters. The normalized spacial score (nSPS) is 23.2. The largest absolute Gasteiger partial charge is 0.384 e. The van der Waals surface area contributed by atoms with Gasteiger partial charge in [-0.1, -0.05) is 0 Å². The minimum atomic E-state index is 0.563. The number of rotatable bonds is 1. The Balaban J connectivity index is 2.21. The van der Waals surface area contributed by atoms with E-state index in [0.717, 1.165) is 24.6 Å². The summed E-state index contributed by atoms with van der Waals surface area (Å²) in [4.78, 5) is 0. The highest BCUT2D eigenvalue weighted by Crippen LogP contribution is 2.21. The van der Waals surface area contributed by atoms with E-state index in [2.05, 4.69) is 10.4 Å². The van der Waals surface area contributed by atoms with Gasteiger partial charge in [-0.15, -0.1) is 0 Å². The Labute approximate surface area is 71.7 Å². The van der Waals surface area contributed by atoms with Crippen molar-refractivity contribution in [1.82, 2.24) is 15.1 Å². The number of aryl methyl sites for hydroxylation is 1. The fraction of sp³-hybridized carbons (Fsp3) is 0.625. The Kier molecular flexibility index (Phi) is 1.77. The van der Waals surface area contributed by atoms with Gasteiger partial charge in [-0.05, 0) is 13.0 Å². The molecule has 2 heterocycles. The van der Waals surface area contributed by atoms with Gasteiger partial charge in [0.05, 0.1) is 5.69 Å². The van der Waals surface area contributed by atoms with E-state index in [1.807, 2.05) is 13.1 Å². The van der Waals surface area contributed by atoms with Crippen molar-refractivity contribution < 1.29 is 0 Å². The molecule has 4 nitrogen and oxygen atoms in total. The molecule has 0 amide bonds. The Hall–Kier alpha value is -1.03. The van der Waals surface area contributed by atoms with Crippen LogP contribution in [0.5, 0.6) is 0 Å². The van der Waals surface area contributed by atoms with Crippen molar-refractivity contribution in [1.29, 1.82) is 0 Å². The maximum absolute atomic E-state index is 5.69. The second-order valence-electron chi connectivity index (χ2n) is 3.31. The molecule has 0 aromatic carbocycles. The van der Waals surface area contributed by atoms with Crippen LogP contribution in [0.15, 0.2) is 6.07 Å². The lowest BCUT2D eigenvalue weighted by Crippen LogP contribution is -2.08. The first-order valence-corrected chi connectivity index (χ1v) is 4.27. The number of hydrogen-bond donors (Lipinski definition) is 2. The molecular weight excluding hydrogens is 152 g/mol. The Morgan fingerprint density at radius 2 is 2.58 bits per heavy atom. The summed E-state index contributed by atoms with van der Waals surface area (Å²) >= 11 is 0. The number of nitrogen functional groups attached to an aromatic ring is 1. The first-order valence-electron chi connectivity index (χ1n) is 4.27. The topological polar surface area (TPSA) is 55.9 Å². The van der Waals surface area contributed by atoms with Crippen LogP contribution >= 0.6 is 0 Å². The average Bonchev–Trinajstić information content (AvgIpc) is 2.61. The maximum Gasteiger partial charge on any atom is 0.121 e. The van der Waals surface area contributed by atoms with Crippen LogP contribution in [0.3, 0.4) is 0 Å². The molecule has 66 valence electrons. The van der Waals surface area contributed by atoms with E-state index in [4.69, 9.17) is 5.73 Å². The summed E-state index contributed by atoms with van der Waals surface area (Å²) in [6.45, 7) is 2.14. The molecular formula is C8H14N4. The fourth-order valence-electron chi connectivity index (χ4n) is 1.61. The minimum Gasteiger partial charge on any atom is -0.384 e. The zero-order valence-electron chi connectivity index (χ0n) is 7.25. The van der Waals surface area contributed by atoms with E-state index in [-0.39, 0.29) is 0 Å². The molecule has 0 bridgehead atoms. The minimum absolute atomic E-state index is 0.563. The van der Waals surface area contributed by atoms with Crippen molar-refractivity contribution in [2.45, 2.75) is 12.3 Å². The van der Waals surface area contributed by atoms with Crippen LogP contribution in [0, 0.1) is 0 Å². The van der Waals surface area contributed by atoms with Gasteiger partial charge in [0.1, 0.15) is 5.82 Å². The van der Waals surface area contributed by atoms with Crippen LogP contribution in [0.1, 0.15) is 18.0 Å². The van der Waals surface area contributed by atoms with Crippen molar-refractivity contribution in [3.63, 3.8) is 0 Å². The molecule has 0 aliphatic carbocycles. The first kappa shape index (κ1) is 7.61. The highest BCUT2D eigenvalue weighted by Gasteiger charge is 2.19. The van der Waals surface area contributed by atoms with Crippen molar-refractivity contribution in [3.05, 3.63) is 11.8 Å². The van der Waals surface area contributed by atoms with Gasteiger partial charge < -0.3 is 11.1 Å². The Morgan fingerprint density at radius 1 is 1.75 bits per heavy atom. The molecule has 1 fully saturated rings. The highest BCUT2D eigenvalue weighted by atomic mass is 15.3. The SMILES string of the molecule is Cn1nc(C2CCNC2)cc1N. The first-order chi connectivity index (χ1) is 5.77. The second-order valence-corrected chi connectivity index (χ2v) is 3.31. The van der Waals surface area contributed by atoms with Gasteiger partial charge in [0.2, 0.25) is 0 Å². The Morgan fingerprint density at radius 3 is 3.08 bits per heavy atom. The second kappa shape index (κ2) is 2.79. The standard InChI is InChI=1S/C8H14N4/c1-12-8(9)4-7(11-12)6-2-3-10-5-6/h4,6,10H,2-3,5,9H2,1H3. The van der Waals surface area contributed by atoms with Crippen LogP contribution in [0.25, 0.3) is 0 Å². The zero-order chi connectivity index (χ0) is 8.55. The van der Waals surface area contributed by atoms with Gasteiger partial charge in [0.25, 0.3) is 0 Å². The molecule has 1 atom stereocenters. The van der Waals surface area contributed by atoms with Crippen LogP contribution in [0.2, 0.25) is 0 Å². The lowest BCUT2D eigenvalue weighted by molar-refractivity contribution is 0.683. The third kappa shape index (κ3) is 1.18. The number of nitrogens with two attached hydrogens (primary N) is 1. The number of aromatic nitrogens is 2. The van der Waals surface area contributed by atoms with Gasteiger partial charge in [-0.25, -0.2) is 0 Å². The molecule has 0 radical (unpaired) electrons. The summed E-state index contributed by atoms with van der Waals surface area (Å²) in [5, 5.41) is 7.65. The van der Waals surface area contributed by atoms with E-state index in [0.29, 0.717) is 5.92 Å². The van der Waals surface area contributed by atoms with Crippen LogP contribution in [-0.4, -0.2) is 22.9 Å². The van der Waals surface area contributed by atoms with E-state index >= 15 is 0 Å². The van der Waals surface area contributed by atoms with E-state index in [1.165, 1.54) is 6.42 Å². The summed E-state index contributed by atoms with van der Waals surface area (Å²) in [7, 11) is 1.88. The van der Waals surface area contributed by atoms with Gasteiger partial charge in [0.15, 0.2) is 0 Å². The van der Waals surface area contributed by atoms with Crippen LogP contribution < -0.4 is 11.1 Å². The fourth-order valence-corrected chi connectivity index (χ4v) is 1.61. The van der Waals surface area contributed by atoms with Gasteiger partial charge >= 0.3 is 0 Å². The zero-order valence-corrected chi connectivity index (χ0v) is 7.25. The molecule has 1 aromatic heterocycles. The van der Waals surface area contributed by atoms with E-state index in [1.54, 1.807) is 4.68 Å². The monoisotopic (exact) mass is 166 g/mol. The third-order valence-corrected chi connectivity index (χ3v) is 2.41. The molecule has 1 aliphatic rings. The maximum atomic E-state index is 5.69. The molecule has 3 N–H and O–H groups in total. The average molecular weight is 166 g/mol. The molecule has 1 aliphatic heterocycles. The smallest absolute Gasteiger partial charge is 0.121 e. The molecule has 0 spiro atoms. The predicted octanol–water partition coefficient (Wildman–Crippen LogP) is 0.0792.